The molecule has 92 valence electrons. The summed E-state index contributed by atoms with van der Waals surface area (Å²) in [6.45, 7) is 9.22. The van der Waals surface area contributed by atoms with Gasteiger partial charge in [0.05, 0.1) is 12.5 Å². The molecule has 1 saturated carbocycles. The zero-order valence-corrected chi connectivity index (χ0v) is 10.7. The van der Waals surface area contributed by atoms with Crippen LogP contribution in [0.5, 0.6) is 0 Å². The number of fused-ring (bicyclic) bond motifs is 3. The average molecular weight is 225 g/mol. The quantitative estimate of drug-likeness (QED) is 0.730. The molecule has 3 fully saturated rings. The minimum Gasteiger partial charge on any atom is -0.466 e. The summed E-state index contributed by atoms with van der Waals surface area (Å²) in [6, 6.07) is 0.831. The van der Waals surface area contributed by atoms with E-state index in [0.29, 0.717) is 24.6 Å². The van der Waals surface area contributed by atoms with Crippen molar-refractivity contribution in [3.8, 4) is 0 Å². The van der Waals surface area contributed by atoms with Gasteiger partial charge in [0, 0.05) is 12.1 Å². The van der Waals surface area contributed by atoms with Gasteiger partial charge in [0.15, 0.2) is 0 Å². The van der Waals surface area contributed by atoms with Crippen LogP contribution in [0.2, 0.25) is 0 Å². The summed E-state index contributed by atoms with van der Waals surface area (Å²) in [4.78, 5) is 11.9. The van der Waals surface area contributed by atoms with Crippen LogP contribution in [0.1, 0.15) is 40.5 Å². The van der Waals surface area contributed by atoms with Crippen LogP contribution in [0.4, 0.5) is 0 Å². The first kappa shape index (κ1) is 11.9. The SMILES string of the molecule is CCOC(=O)C1CC2(C)C(C)CC1NC2C. The zero-order valence-electron chi connectivity index (χ0n) is 10.7. The van der Waals surface area contributed by atoms with E-state index in [4.69, 9.17) is 4.74 Å². The number of carbonyl (C=O) groups excluding carboxylic acids is 1. The first-order valence-electron chi connectivity index (χ1n) is 6.41. The van der Waals surface area contributed by atoms with Gasteiger partial charge in [0.1, 0.15) is 0 Å². The maximum absolute atomic E-state index is 11.9. The molecule has 5 unspecified atom stereocenters. The monoisotopic (exact) mass is 225 g/mol. The fourth-order valence-corrected chi connectivity index (χ4v) is 3.43. The Labute approximate surface area is 97.9 Å². The van der Waals surface area contributed by atoms with Gasteiger partial charge >= 0.3 is 5.97 Å². The van der Waals surface area contributed by atoms with Crippen LogP contribution in [-0.2, 0) is 9.53 Å². The minimum absolute atomic E-state index is 0.00924. The van der Waals surface area contributed by atoms with E-state index in [1.54, 1.807) is 0 Å². The van der Waals surface area contributed by atoms with Crippen molar-refractivity contribution in [2.75, 3.05) is 6.61 Å². The molecule has 1 aliphatic carbocycles. The first-order valence-corrected chi connectivity index (χ1v) is 6.41. The van der Waals surface area contributed by atoms with Crippen molar-refractivity contribution in [3.05, 3.63) is 0 Å². The Hall–Kier alpha value is -0.570. The van der Waals surface area contributed by atoms with Crippen molar-refractivity contribution in [1.29, 1.82) is 0 Å². The van der Waals surface area contributed by atoms with E-state index < -0.39 is 0 Å². The van der Waals surface area contributed by atoms with E-state index in [2.05, 4.69) is 26.1 Å². The van der Waals surface area contributed by atoms with Crippen LogP contribution in [0.15, 0.2) is 0 Å². The Kier molecular flexibility index (Phi) is 2.99. The van der Waals surface area contributed by atoms with Gasteiger partial charge < -0.3 is 10.1 Å². The third kappa shape index (κ3) is 1.65. The Bertz CT molecular complexity index is 278. The van der Waals surface area contributed by atoms with Gasteiger partial charge in [-0.3, -0.25) is 4.79 Å². The molecule has 3 rings (SSSR count). The highest BCUT2D eigenvalue weighted by atomic mass is 16.5. The number of hydrogen-bond acceptors (Lipinski definition) is 3. The molecule has 2 heterocycles. The predicted molar refractivity (Wildman–Crippen MR) is 63.0 cm³/mol. The second-order valence-corrected chi connectivity index (χ2v) is 5.70. The number of esters is 1. The van der Waals surface area contributed by atoms with E-state index >= 15 is 0 Å². The normalized spacial score (nSPS) is 46.8. The number of piperidine rings is 2. The Balaban J connectivity index is 2.14. The fraction of sp³-hybridized carbons (Fsp3) is 0.923. The maximum atomic E-state index is 11.9. The van der Waals surface area contributed by atoms with Gasteiger partial charge in [-0.1, -0.05) is 13.8 Å². The lowest BCUT2D eigenvalue weighted by atomic mass is 9.56. The molecule has 0 spiro atoms. The van der Waals surface area contributed by atoms with E-state index in [-0.39, 0.29) is 17.3 Å². The molecule has 3 nitrogen and oxygen atoms in total. The summed E-state index contributed by atoms with van der Waals surface area (Å²) < 4.78 is 5.17. The number of rotatable bonds is 2. The van der Waals surface area contributed by atoms with Crippen LogP contribution in [-0.4, -0.2) is 24.7 Å². The highest BCUT2D eigenvalue weighted by Gasteiger charge is 2.53. The van der Waals surface area contributed by atoms with Crippen LogP contribution < -0.4 is 5.32 Å². The van der Waals surface area contributed by atoms with E-state index in [1.165, 1.54) is 0 Å². The van der Waals surface area contributed by atoms with E-state index in [0.717, 1.165) is 12.8 Å². The van der Waals surface area contributed by atoms with E-state index in [1.807, 2.05) is 6.92 Å². The van der Waals surface area contributed by atoms with Crippen molar-refractivity contribution in [2.24, 2.45) is 17.3 Å². The number of carbonyl (C=O) groups is 1. The number of ether oxygens (including phenoxy) is 1. The van der Waals surface area contributed by atoms with Crippen LogP contribution >= 0.6 is 0 Å². The van der Waals surface area contributed by atoms with Crippen molar-refractivity contribution in [3.63, 3.8) is 0 Å². The molecule has 0 radical (unpaired) electrons. The van der Waals surface area contributed by atoms with Crippen molar-refractivity contribution < 1.29 is 9.53 Å². The lowest BCUT2D eigenvalue weighted by Gasteiger charge is -2.56. The summed E-state index contributed by atoms with van der Waals surface area (Å²) in [6.07, 6.45) is 2.08. The van der Waals surface area contributed by atoms with Gasteiger partial charge in [-0.2, -0.15) is 0 Å². The van der Waals surface area contributed by atoms with E-state index in [9.17, 15) is 4.79 Å². The van der Waals surface area contributed by atoms with Crippen LogP contribution in [0, 0.1) is 17.3 Å². The average Bonchev–Trinajstić information content (AvgIpc) is 2.21. The molecule has 2 aliphatic heterocycles. The van der Waals surface area contributed by atoms with Crippen molar-refractivity contribution in [1.82, 2.24) is 5.32 Å². The zero-order chi connectivity index (χ0) is 11.9. The molecular weight excluding hydrogens is 202 g/mol. The summed E-state index contributed by atoms with van der Waals surface area (Å²) in [5, 5.41) is 3.58. The molecule has 5 atom stereocenters. The van der Waals surface area contributed by atoms with Crippen LogP contribution in [0.25, 0.3) is 0 Å². The molecule has 0 aromatic carbocycles. The molecule has 0 aromatic heterocycles. The topological polar surface area (TPSA) is 38.3 Å². The fourth-order valence-electron chi connectivity index (χ4n) is 3.43. The molecule has 1 N–H and O–H groups in total. The largest absolute Gasteiger partial charge is 0.466 e. The lowest BCUT2D eigenvalue weighted by Crippen LogP contribution is -2.65. The standard InChI is InChI=1S/C13H23NO2/c1-5-16-12(15)10-7-13(4)8(2)6-11(10)14-9(13)3/h8-11,14H,5-7H2,1-4H3. The molecule has 2 saturated heterocycles. The second-order valence-electron chi connectivity index (χ2n) is 5.70. The molecule has 3 heteroatoms. The first-order chi connectivity index (χ1) is 7.49. The lowest BCUT2D eigenvalue weighted by molar-refractivity contribution is -0.157. The third-order valence-electron chi connectivity index (χ3n) is 4.92. The minimum atomic E-state index is -0.00924. The van der Waals surface area contributed by atoms with Crippen LogP contribution in [0.3, 0.4) is 0 Å². The number of hydrogen-bond donors (Lipinski definition) is 1. The summed E-state index contributed by atoms with van der Waals surface area (Å²) >= 11 is 0. The molecular formula is C13H23NO2. The molecule has 16 heavy (non-hydrogen) atoms. The number of nitrogens with one attached hydrogen (secondary N) is 1. The van der Waals surface area contributed by atoms with Gasteiger partial charge in [0.2, 0.25) is 0 Å². The van der Waals surface area contributed by atoms with Gasteiger partial charge in [-0.05, 0) is 38.0 Å². The van der Waals surface area contributed by atoms with Gasteiger partial charge in [0.25, 0.3) is 0 Å². The van der Waals surface area contributed by atoms with Gasteiger partial charge in [-0.15, -0.1) is 0 Å². The summed E-state index contributed by atoms with van der Waals surface area (Å²) in [5.74, 6) is 0.752. The second kappa shape index (κ2) is 4.02. The maximum Gasteiger partial charge on any atom is 0.310 e. The smallest absolute Gasteiger partial charge is 0.310 e. The summed E-state index contributed by atoms with van der Waals surface area (Å²) in [5.41, 5.74) is 0.242. The van der Waals surface area contributed by atoms with Crippen molar-refractivity contribution in [2.45, 2.75) is 52.6 Å². The highest BCUT2D eigenvalue weighted by Crippen LogP contribution is 2.50. The highest BCUT2D eigenvalue weighted by molar-refractivity contribution is 5.74. The summed E-state index contributed by atoms with van der Waals surface area (Å²) in [7, 11) is 0. The predicted octanol–water partition coefficient (Wildman–Crippen LogP) is 1.96. The molecule has 0 aromatic rings. The van der Waals surface area contributed by atoms with Gasteiger partial charge in [-0.25, -0.2) is 0 Å². The molecule has 0 amide bonds. The molecule has 3 aliphatic rings. The Morgan fingerprint density at radius 2 is 2.19 bits per heavy atom. The van der Waals surface area contributed by atoms with Crippen molar-refractivity contribution >= 4 is 5.97 Å². The Morgan fingerprint density at radius 1 is 1.50 bits per heavy atom. The molecule has 2 bridgehead atoms. The third-order valence-corrected chi connectivity index (χ3v) is 4.92. The Morgan fingerprint density at radius 3 is 2.75 bits per heavy atom.